The summed E-state index contributed by atoms with van der Waals surface area (Å²) in [5, 5.41) is 13.1. The van der Waals surface area contributed by atoms with Crippen molar-refractivity contribution in [1.29, 1.82) is 0 Å². The number of benzene rings is 1. The van der Waals surface area contributed by atoms with Gasteiger partial charge in [-0.3, -0.25) is 0 Å². The molecular formula is C16H25NO2. The van der Waals surface area contributed by atoms with Gasteiger partial charge in [-0.25, -0.2) is 0 Å². The van der Waals surface area contributed by atoms with Gasteiger partial charge in [-0.2, -0.15) is 0 Å². The summed E-state index contributed by atoms with van der Waals surface area (Å²) in [6, 6.07) is 4.24. The number of nitrogens with one attached hydrogen (secondary N) is 1. The first-order valence-electron chi connectivity index (χ1n) is 7.17. The zero-order valence-electron chi connectivity index (χ0n) is 12.2. The van der Waals surface area contributed by atoms with Crippen LogP contribution in [0.2, 0.25) is 0 Å². The number of aliphatic hydroxyl groups is 1. The molecular weight excluding hydrogens is 238 g/mol. The standard InChI is InChI=1S/C16H25NO2/c1-11-9-16(19-3)12(2)8-15(11)17-10-13-4-6-14(18)7-5-13/h8-9,13-14,17-18H,4-7,10H2,1-3H3. The third-order valence-electron chi connectivity index (χ3n) is 4.14. The third kappa shape index (κ3) is 3.63. The number of methoxy groups -OCH3 is 1. The molecule has 0 spiro atoms. The average molecular weight is 263 g/mol. The van der Waals surface area contributed by atoms with Gasteiger partial charge in [-0.15, -0.1) is 0 Å². The summed E-state index contributed by atoms with van der Waals surface area (Å²) >= 11 is 0. The molecule has 2 rings (SSSR count). The van der Waals surface area contributed by atoms with Crippen molar-refractivity contribution in [3.05, 3.63) is 23.3 Å². The fourth-order valence-corrected chi connectivity index (χ4v) is 2.80. The first-order valence-corrected chi connectivity index (χ1v) is 7.17. The van der Waals surface area contributed by atoms with Crippen LogP contribution in [0.3, 0.4) is 0 Å². The van der Waals surface area contributed by atoms with Gasteiger partial charge in [0.05, 0.1) is 13.2 Å². The molecule has 106 valence electrons. The summed E-state index contributed by atoms with van der Waals surface area (Å²) in [5.41, 5.74) is 3.58. The molecule has 1 aromatic carbocycles. The van der Waals surface area contributed by atoms with Gasteiger partial charge >= 0.3 is 0 Å². The molecule has 1 aromatic rings. The largest absolute Gasteiger partial charge is 0.496 e. The van der Waals surface area contributed by atoms with E-state index in [1.54, 1.807) is 7.11 Å². The molecule has 1 saturated carbocycles. The smallest absolute Gasteiger partial charge is 0.122 e. The van der Waals surface area contributed by atoms with E-state index in [4.69, 9.17) is 4.74 Å². The Morgan fingerprint density at radius 2 is 1.84 bits per heavy atom. The lowest BCUT2D eigenvalue weighted by Gasteiger charge is -2.26. The quantitative estimate of drug-likeness (QED) is 0.876. The molecule has 0 amide bonds. The van der Waals surface area contributed by atoms with Crippen LogP contribution in [0, 0.1) is 19.8 Å². The van der Waals surface area contributed by atoms with Gasteiger partial charge in [0.2, 0.25) is 0 Å². The van der Waals surface area contributed by atoms with Gasteiger partial charge in [0.25, 0.3) is 0 Å². The number of hydrogen-bond donors (Lipinski definition) is 2. The highest BCUT2D eigenvalue weighted by atomic mass is 16.5. The predicted octanol–water partition coefficient (Wildman–Crippen LogP) is 3.28. The second-order valence-corrected chi connectivity index (χ2v) is 5.69. The minimum absolute atomic E-state index is 0.0683. The molecule has 19 heavy (non-hydrogen) atoms. The first-order chi connectivity index (χ1) is 9.10. The number of aliphatic hydroxyl groups excluding tert-OH is 1. The molecule has 1 aliphatic rings. The monoisotopic (exact) mass is 263 g/mol. The molecule has 3 nitrogen and oxygen atoms in total. The van der Waals surface area contributed by atoms with Crippen LogP contribution in [-0.2, 0) is 0 Å². The first kappa shape index (κ1) is 14.2. The molecule has 0 aromatic heterocycles. The van der Waals surface area contributed by atoms with Crippen LogP contribution in [0.5, 0.6) is 5.75 Å². The Bertz CT molecular complexity index is 423. The summed E-state index contributed by atoms with van der Waals surface area (Å²) in [4.78, 5) is 0. The van der Waals surface area contributed by atoms with Crippen LogP contribution in [-0.4, -0.2) is 24.9 Å². The van der Waals surface area contributed by atoms with Gasteiger partial charge in [-0.05, 0) is 68.7 Å². The SMILES string of the molecule is COc1cc(C)c(NCC2CCC(O)CC2)cc1C. The van der Waals surface area contributed by atoms with Crippen molar-refractivity contribution in [1.82, 2.24) is 0 Å². The summed E-state index contributed by atoms with van der Waals surface area (Å²) in [6.07, 6.45) is 4.09. The van der Waals surface area contributed by atoms with E-state index in [-0.39, 0.29) is 6.10 Å². The van der Waals surface area contributed by atoms with Crippen LogP contribution < -0.4 is 10.1 Å². The van der Waals surface area contributed by atoms with Crippen LogP contribution >= 0.6 is 0 Å². The van der Waals surface area contributed by atoms with Crippen LogP contribution in [0.1, 0.15) is 36.8 Å². The van der Waals surface area contributed by atoms with E-state index in [0.29, 0.717) is 5.92 Å². The Morgan fingerprint density at radius 3 is 2.47 bits per heavy atom. The number of anilines is 1. The summed E-state index contributed by atoms with van der Waals surface area (Å²) in [6.45, 7) is 5.18. The molecule has 0 atom stereocenters. The fraction of sp³-hybridized carbons (Fsp3) is 0.625. The van der Waals surface area contributed by atoms with Crippen molar-refractivity contribution in [3.8, 4) is 5.75 Å². The molecule has 3 heteroatoms. The topological polar surface area (TPSA) is 41.5 Å². The van der Waals surface area contributed by atoms with Gasteiger partial charge < -0.3 is 15.2 Å². The molecule has 2 N–H and O–H groups in total. The minimum Gasteiger partial charge on any atom is -0.496 e. The maximum atomic E-state index is 9.52. The second kappa shape index (κ2) is 6.29. The molecule has 0 radical (unpaired) electrons. The highest BCUT2D eigenvalue weighted by Crippen LogP contribution is 2.28. The fourth-order valence-electron chi connectivity index (χ4n) is 2.80. The van der Waals surface area contributed by atoms with E-state index < -0.39 is 0 Å². The zero-order valence-corrected chi connectivity index (χ0v) is 12.2. The van der Waals surface area contributed by atoms with Crippen LogP contribution in [0.25, 0.3) is 0 Å². The minimum atomic E-state index is -0.0683. The van der Waals surface area contributed by atoms with Crippen molar-refractivity contribution in [2.24, 2.45) is 5.92 Å². The molecule has 0 aliphatic heterocycles. The van der Waals surface area contributed by atoms with Gasteiger partial charge in [0.1, 0.15) is 5.75 Å². The number of ether oxygens (including phenoxy) is 1. The Morgan fingerprint density at radius 1 is 1.16 bits per heavy atom. The third-order valence-corrected chi connectivity index (χ3v) is 4.14. The summed E-state index contributed by atoms with van der Waals surface area (Å²) < 4.78 is 5.33. The van der Waals surface area contributed by atoms with Gasteiger partial charge in [0.15, 0.2) is 0 Å². The lowest BCUT2D eigenvalue weighted by Crippen LogP contribution is -2.23. The maximum Gasteiger partial charge on any atom is 0.122 e. The van der Waals surface area contributed by atoms with E-state index >= 15 is 0 Å². The van der Waals surface area contributed by atoms with Gasteiger partial charge in [-0.1, -0.05) is 0 Å². The number of rotatable bonds is 4. The summed E-state index contributed by atoms with van der Waals surface area (Å²) in [7, 11) is 1.71. The lowest BCUT2D eigenvalue weighted by molar-refractivity contribution is 0.111. The Kier molecular flexibility index (Phi) is 4.70. The number of hydrogen-bond acceptors (Lipinski definition) is 3. The molecule has 0 bridgehead atoms. The summed E-state index contributed by atoms with van der Waals surface area (Å²) in [5.74, 6) is 1.63. The maximum absolute atomic E-state index is 9.52. The average Bonchev–Trinajstić information content (AvgIpc) is 2.41. The Balaban J connectivity index is 1.94. The highest BCUT2D eigenvalue weighted by Gasteiger charge is 2.19. The van der Waals surface area contributed by atoms with Crippen molar-refractivity contribution in [2.75, 3.05) is 19.0 Å². The van der Waals surface area contributed by atoms with Crippen molar-refractivity contribution < 1.29 is 9.84 Å². The second-order valence-electron chi connectivity index (χ2n) is 5.69. The van der Waals surface area contributed by atoms with Crippen LogP contribution in [0.15, 0.2) is 12.1 Å². The van der Waals surface area contributed by atoms with E-state index in [2.05, 4.69) is 31.3 Å². The van der Waals surface area contributed by atoms with E-state index in [9.17, 15) is 5.11 Å². The van der Waals surface area contributed by atoms with Crippen LogP contribution in [0.4, 0.5) is 5.69 Å². The molecule has 0 unspecified atom stereocenters. The van der Waals surface area contributed by atoms with Crippen molar-refractivity contribution >= 4 is 5.69 Å². The molecule has 0 saturated heterocycles. The highest BCUT2D eigenvalue weighted by molar-refractivity contribution is 5.57. The molecule has 1 fully saturated rings. The number of aryl methyl sites for hydroxylation is 2. The molecule has 1 aliphatic carbocycles. The predicted molar refractivity (Wildman–Crippen MR) is 78.9 cm³/mol. The zero-order chi connectivity index (χ0) is 13.8. The Labute approximate surface area is 116 Å². The Hall–Kier alpha value is -1.22. The van der Waals surface area contributed by atoms with E-state index in [1.807, 2.05) is 0 Å². The van der Waals surface area contributed by atoms with Crippen molar-refractivity contribution in [2.45, 2.75) is 45.6 Å². The van der Waals surface area contributed by atoms with E-state index in [1.165, 1.54) is 11.3 Å². The molecule has 0 heterocycles. The van der Waals surface area contributed by atoms with Crippen molar-refractivity contribution in [3.63, 3.8) is 0 Å². The van der Waals surface area contributed by atoms with Gasteiger partial charge in [0, 0.05) is 12.2 Å². The van der Waals surface area contributed by atoms with E-state index in [0.717, 1.165) is 43.5 Å². The normalized spacial score (nSPS) is 23.2. The lowest BCUT2D eigenvalue weighted by atomic mass is 9.87.